The smallest absolute Gasteiger partial charge is 0.419 e. The Bertz CT molecular complexity index is 3130. The van der Waals surface area contributed by atoms with Gasteiger partial charge in [0, 0.05) is 42.5 Å². The molecule has 0 unspecified atom stereocenters. The zero-order valence-electron chi connectivity index (χ0n) is 38.2. The van der Waals surface area contributed by atoms with Crippen molar-refractivity contribution in [1.82, 2.24) is 29.5 Å². The molecule has 8 aromatic rings. The summed E-state index contributed by atoms with van der Waals surface area (Å²) < 4.78 is 18.0. The third-order valence-electron chi connectivity index (χ3n) is 10.9. The maximum Gasteiger partial charge on any atom is 0.419 e. The molecule has 0 spiro atoms. The molecule has 0 amide bonds. The van der Waals surface area contributed by atoms with Gasteiger partial charge in [0.25, 0.3) is 0 Å². The quantitative estimate of drug-likeness (QED) is 0.117. The van der Waals surface area contributed by atoms with Crippen LogP contribution in [0.15, 0.2) is 84.9 Å². The van der Waals surface area contributed by atoms with E-state index in [9.17, 15) is 24.6 Å². The first kappa shape index (κ1) is 45.3. The van der Waals surface area contributed by atoms with E-state index in [1.54, 1.807) is 50.6 Å². The van der Waals surface area contributed by atoms with E-state index in [2.05, 4.69) is 18.8 Å². The molecule has 0 saturated carbocycles. The van der Waals surface area contributed by atoms with E-state index in [4.69, 9.17) is 34.1 Å². The normalized spacial score (nSPS) is 11.6. The van der Waals surface area contributed by atoms with Crippen LogP contribution in [-0.4, -0.2) is 104 Å². The van der Waals surface area contributed by atoms with Gasteiger partial charge in [0.1, 0.15) is 28.5 Å². The molecule has 0 aliphatic carbocycles. The number of benzene rings is 4. The van der Waals surface area contributed by atoms with Gasteiger partial charge in [-0.15, -0.1) is 0 Å². The SMILES string of the molecule is COc1ccc2[nH]c(-c3nc4ccc(C(=O)O)cc4nc3N(C)C(C)C)cc2c1.COc1ccc2c(c1)cc(-c1nc3ccc(C(=O)O)cc3nc1N(C)C(C)C)n2C(=O)OC(C)(C)C. The number of aromatic amines is 1. The predicted octanol–water partition coefficient (Wildman–Crippen LogP) is 9.92. The van der Waals surface area contributed by atoms with Crippen LogP contribution in [0.4, 0.5) is 16.4 Å². The molecule has 65 heavy (non-hydrogen) atoms. The van der Waals surface area contributed by atoms with Crippen LogP contribution in [0.1, 0.15) is 69.2 Å². The molecule has 4 aromatic heterocycles. The number of hydrogen-bond donors (Lipinski definition) is 3. The summed E-state index contributed by atoms with van der Waals surface area (Å²) in [6.07, 6.45) is -0.543. The maximum atomic E-state index is 13.5. The number of rotatable bonds is 10. The summed E-state index contributed by atoms with van der Waals surface area (Å²) in [5.74, 6) is 0.615. The van der Waals surface area contributed by atoms with Crippen molar-refractivity contribution in [2.75, 3.05) is 38.1 Å². The van der Waals surface area contributed by atoms with Crippen molar-refractivity contribution in [2.24, 2.45) is 0 Å². The number of aromatic nitrogens is 6. The first-order valence-corrected chi connectivity index (χ1v) is 20.9. The molecule has 0 aliphatic heterocycles. The van der Waals surface area contributed by atoms with Crippen LogP contribution in [0.25, 0.3) is 66.6 Å². The van der Waals surface area contributed by atoms with Gasteiger partial charge in [-0.1, -0.05) is 0 Å². The number of methoxy groups -OCH3 is 2. The highest BCUT2D eigenvalue weighted by molar-refractivity contribution is 6.00. The van der Waals surface area contributed by atoms with E-state index in [0.717, 1.165) is 27.7 Å². The van der Waals surface area contributed by atoms with E-state index in [-0.39, 0.29) is 23.2 Å². The summed E-state index contributed by atoms with van der Waals surface area (Å²) in [6, 6.07) is 24.8. The van der Waals surface area contributed by atoms with Crippen molar-refractivity contribution >= 4 is 73.5 Å². The molecular formula is C49H52N8O8. The molecule has 4 aromatic carbocycles. The summed E-state index contributed by atoms with van der Waals surface area (Å²) in [5, 5.41) is 20.5. The number of carbonyl (C=O) groups is 3. The molecule has 0 aliphatic rings. The average molecular weight is 881 g/mol. The van der Waals surface area contributed by atoms with Gasteiger partial charge in [-0.25, -0.2) is 38.9 Å². The van der Waals surface area contributed by atoms with Crippen LogP contribution < -0.4 is 19.3 Å². The van der Waals surface area contributed by atoms with Gasteiger partial charge in [-0.05, 0) is 133 Å². The van der Waals surface area contributed by atoms with Crippen LogP contribution in [0.3, 0.4) is 0 Å². The van der Waals surface area contributed by atoms with E-state index >= 15 is 0 Å². The van der Waals surface area contributed by atoms with Gasteiger partial charge in [-0.2, -0.15) is 0 Å². The standard InChI is InChI=1S/C27H30N4O5.C22H22N4O3/c1-15(2)30(6)24-23(28-19-10-8-16(25(32)33)13-20(19)29-24)22-14-17-12-18(35-7)9-11-21(17)31(22)26(34)36-27(3,4)5;1-12(2)26(3)21-20(19-11-14-9-15(29-4)6-8-16(14)23-19)24-17-7-5-13(22(27)28)10-18(17)25-21/h8-15H,1-7H3,(H,32,33);5-12,23H,1-4H3,(H,27,28). The fourth-order valence-electron chi connectivity index (χ4n) is 7.05. The van der Waals surface area contributed by atoms with Crippen LogP contribution >= 0.6 is 0 Å². The molecule has 0 fully saturated rings. The van der Waals surface area contributed by atoms with Crippen molar-refractivity contribution in [3.05, 3.63) is 96.1 Å². The number of fused-ring (bicyclic) bond motifs is 4. The molecule has 0 radical (unpaired) electrons. The van der Waals surface area contributed by atoms with Crippen molar-refractivity contribution in [1.29, 1.82) is 0 Å². The zero-order chi connectivity index (χ0) is 47.1. The molecule has 0 bridgehead atoms. The fraction of sp³-hybridized carbons (Fsp3) is 0.286. The Morgan fingerprint density at radius 2 is 1.14 bits per heavy atom. The van der Waals surface area contributed by atoms with Crippen LogP contribution in [0.5, 0.6) is 11.5 Å². The lowest BCUT2D eigenvalue weighted by Crippen LogP contribution is -2.29. The van der Waals surface area contributed by atoms with Crippen molar-refractivity contribution < 1.29 is 38.8 Å². The molecule has 4 heterocycles. The van der Waals surface area contributed by atoms with Crippen molar-refractivity contribution in [3.8, 4) is 34.3 Å². The van der Waals surface area contributed by atoms with Gasteiger partial charge in [0.05, 0.1) is 64.3 Å². The minimum absolute atomic E-state index is 0.0533. The number of carboxylic acid groups (broad SMARTS) is 2. The first-order valence-electron chi connectivity index (χ1n) is 20.9. The van der Waals surface area contributed by atoms with Gasteiger partial charge in [0.15, 0.2) is 11.6 Å². The Kier molecular flexibility index (Phi) is 12.4. The van der Waals surface area contributed by atoms with Crippen LogP contribution in [-0.2, 0) is 4.74 Å². The van der Waals surface area contributed by atoms with Crippen LogP contribution in [0.2, 0.25) is 0 Å². The van der Waals surface area contributed by atoms with E-state index < -0.39 is 23.6 Å². The topological polar surface area (TPSA) is 198 Å². The lowest BCUT2D eigenvalue weighted by molar-refractivity contribution is 0.0545. The lowest BCUT2D eigenvalue weighted by atomic mass is 10.1. The second-order valence-corrected chi connectivity index (χ2v) is 17.1. The van der Waals surface area contributed by atoms with Gasteiger partial charge < -0.3 is 39.2 Å². The highest BCUT2D eigenvalue weighted by Gasteiger charge is 2.28. The summed E-state index contributed by atoms with van der Waals surface area (Å²) in [7, 11) is 7.07. The summed E-state index contributed by atoms with van der Waals surface area (Å²) in [5.41, 5.74) is 5.90. The number of ether oxygens (including phenoxy) is 3. The number of hydrogen-bond acceptors (Lipinski definition) is 12. The molecule has 0 saturated heterocycles. The maximum absolute atomic E-state index is 13.5. The highest BCUT2D eigenvalue weighted by atomic mass is 16.6. The minimum Gasteiger partial charge on any atom is -0.497 e. The van der Waals surface area contributed by atoms with Gasteiger partial charge >= 0.3 is 18.0 Å². The minimum atomic E-state index is -1.04. The third kappa shape index (κ3) is 9.32. The first-order chi connectivity index (χ1) is 30.8. The number of nitrogens with zero attached hydrogens (tertiary/aromatic N) is 7. The number of aromatic carboxylic acids is 2. The number of carboxylic acids is 2. The van der Waals surface area contributed by atoms with Crippen molar-refractivity contribution in [3.63, 3.8) is 0 Å². The number of nitrogens with one attached hydrogen (secondary N) is 1. The third-order valence-corrected chi connectivity index (χ3v) is 10.9. The largest absolute Gasteiger partial charge is 0.497 e. The molecule has 0 atom stereocenters. The number of carbonyl (C=O) groups excluding carboxylic acids is 1. The Hall–Kier alpha value is -7.75. The molecule has 16 heteroatoms. The molecule has 8 rings (SSSR count). The van der Waals surface area contributed by atoms with Gasteiger partial charge in [0.2, 0.25) is 0 Å². The summed E-state index contributed by atoms with van der Waals surface area (Å²) in [4.78, 5) is 63.0. The Morgan fingerprint density at radius 3 is 1.65 bits per heavy atom. The molecule has 336 valence electrons. The zero-order valence-corrected chi connectivity index (χ0v) is 38.2. The number of H-pyrrole nitrogens is 1. The average Bonchev–Trinajstić information content (AvgIpc) is 3.88. The van der Waals surface area contributed by atoms with E-state index in [1.165, 1.54) is 16.7 Å². The fourth-order valence-corrected chi connectivity index (χ4v) is 7.05. The second-order valence-electron chi connectivity index (χ2n) is 17.1. The Balaban J connectivity index is 0.000000198. The van der Waals surface area contributed by atoms with Crippen LogP contribution in [0, 0.1) is 0 Å². The van der Waals surface area contributed by atoms with Crippen molar-refractivity contribution in [2.45, 2.75) is 66.2 Å². The Labute approximate surface area is 375 Å². The molecular weight excluding hydrogens is 829 g/mol. The Morgan fingerprint density at radius 1 is 0.631 bits per heavy atom. The lowest BCUT2D eigenvalue weighted by Gasteiger charge is -2.26. The molecule has 16 nitrogen and oxygen atoms in total. The predicted molar refractivity (Wildman–Crippen MR) is 253 cm³/mol. The van der Waals surface area contributed by atoms with E-state index in [0.29, 0.717) is 62.1 Å². The summed E-state index contributed by atoms with van der Waals surface area (Å²) in [6.45, 7) is 13.6. The van der Waals surface area contributed by atoms with Gasteiger partial charge in [-0.3, -0.25) is 0 Å². The second kappa shape index (κ2) is 17.8. The number of anilines is 2. The molecule has 3 N–H and O–H groups in total. The monoisotopic (exact) mass is 880 g/mol. The summed E-state index contributed by atoms with van der Waals surface area (Å²) >= 11 is 0. The van der Waals surface area contributed by atoms with E-state index in [1.807, 2.05) is 94.9 Å². The highest BCUT2D eigenvalue weighted by Crippen LogP contribution is 2.37.